The SMILES string of the molecule is CC(C)CC(=O)Nc1ccc(C(=O)NCCNS(=O)(=O)C(C)C)cc1. The molecule has 0 fully saturated rings. The van der Waals surface area contributed by atoms with Crippen LogP contribution in [0.3, 0.4) is 0 Å². The van der Waals surface area contributed by atoms with Gasteiger partial charge in [0.1, 0.15) is 0 Å². The number of amides is 2. The monoisotopic (exact) mass is 369 g/mol. The van der Waals surface area contributed by atoms with Crippen molar-refractivity contribution in [3.63, 3.8) is 0 Å². The van der Waals surface area contributed by atoms with E-state index in [0.717, 1.165) is 0 Å². The van der Waals surface area contributed by atoms with Crippen LogP contribution < -0.4 is 15.4 Å². The van der Waals surface area contributed by atoms with Gasteiger partial charge in [-0.25, -0.2) is 13.1 Å². The van der Waals surface area contributed by atoms with Gasteiger partial charge in [-0.15, -0.1) is 0 Å². The van der Waals surface area contributed by atoms with Crippen molar-refractivity contribution in [3.05, 3.63) is 29.8 Å². The Labute approximate surface area is 149 Å². The second-order valence-electron chi connectivity index (χ2n) is 6.47. The summed E-state index contributed by atoms with van der Waals surface area (Å²) in [4.78, 5) is 23.7. The van der Waals surface area contributed by atoms with Crippen molar-refractivity contribution in [2.45, 2.75) is 39.4 Å². The van der Waals surface area contributed by atoms with Gasteiger partial charge in [0.2, 0.25) is 15.9 Å². The number of rotatable bonds is 9. The van der Waals surface area contributed by atoms with Crippen LogP contribution in [0.25, 0.3) is 0 Å². The van der Waals surface area contributed by atoms with E-state index in [4.69, 9.17) is 0 Å². The van der Waals surface area contributed by atoms with E-state index < -0.39 is 15.3 Å². The summed E-state index contributed by atoms with van der Waals surface area (Å²) in [5.74, 6) is -0.0911. The lowest BCUT2D eigenvalue weighted by Gasteiger charge is -2.10. The maximum Gasteiger partial charge on any atom is 0.251 e. The normalized spacial score (nSPS) is 11.6. The molecule has 140 valence electrons. The predicted molar refractivity (Wildman–Crippen MR) is 98.9 cm³/mol. The Morgan fingerprint density at radius 1 is 1.00 bits per heavy atom. The van der Waals surface area contributed by atoms with E-state index >= 15 is 0 Å². The summed E-state index contributed by atoms with van der Waals surface area (Å²) in [7, 11) is -3.33. The van der Waals surface area contributed by atoms with Crippen LogP contribution in [0.2, 0.25) is 0 Å². The fourth-order valence-electron chi connectivity index (χ4n) is 1.93. The third-order valence-electron chi connectivity index (χ3n) is 3.36. The zero-order valence-electron chi connectivity index (χ0n) is 15.1. The molecule has 1 aromatic rings. The molecule has 0 radical (unpaired) electrons. The molecule has 0 heterocycles. The Bertz CT molecular complexity index is 682. The Hall–Kier alpha value is -1.93. The number of anilines is 1. The minimum Gasteiger partial charge on any atom is -0.351 e. The lowest BCUT2D eigenvalue weighted by molar-refractivity contribution is -0.116. The Kier molecular flexibility index (Phi) is 8.05. The highest BCUT2D eigenvalue weighted by atomic mass is 32.2. The number of hydrogen-bond donors (Lipinski definition) is 3. The number of benzene rings is 1. The molecule has 7 nitrogen and oxygen atoms in total. The first-order chi connectivity index (χ1) is 11.6. The summed E-state index contributed by atoms with van der Waals surface area (Å²) in [5, 5.41) is 4.90. The van der Waals surface area contributed by atoms with Gasteiger partial charge in [0.25, 0.3) is 5.91 Å². The molecular formula is C17H27N3O4S. The van der Waals surface area contributed by atoms with Gasteiger partial charge in [0.15, 0.2) is 0 Å². The summed E-state index contributed by atoms with van der Waals surface area (Å²) < 4.78 is 25.6. The molecule has 0 saturated heterocycles. The van der Waals surface area contributed by atoms with Gasteiger partial charge in [-0.05, 0) is 44.0 Å². The first-order valence-corrected chi connectivity index (χ1v) is 9.83. The topological polar surface area (TPSA) is 104 Å². The highest BCUT2D eigenvalue weighted by Crippen LogP contribution is 2.11. The molecule has 2 amide bonds. The number of carbonyl (C=O) groups is 2. The highest BCUT2D eigenvalue weighted by molar-refractivity contribution is 7.90. The molecule has 0 aliphatic heterocycles. The number of sulfonamides is 1. The van der Waals surface area contributed by atoms with Crippen LogP contribution in [0.5, 0.6) is 0 Å². The van der Waals surface area contributed by atoms with Crippen molar-refractivity contribution < 1.29 is 18.0 Å². The quantitative estimate of drug-likeness (QED) is 0.577. The Morgan fingerprint density at radius 3 is 2.12 bits per heavy atom. The number of nitrogens with one attached hydrogen (secondary N) is 3. The second-order valence-corrected chi connectivity index (χ2v) is 8.79. The van der Waals surface area contributed by atoms with E-state index in [1.165, 1.54) is 0 Å². The minimum absolute atomic E-state index is 0.0652. The Morgan fingerprint density at radius 2 is 1.60 bits per heavy atom. The van der Waals surface area contributed by atoms with E-state index in [0.29, 0.717) is 17.7 Å². The first-order valence-electron chi connectivity index (χ1n) is 8.28. The van der Waals surface area contributed by atoms with Crippen LogP contribution in [0.1, 0.15) is 44.5 Å². The Balaban J connectivity index is 2.45. The fraction of sp³-hybridized carbons (Fsp3) is 0.529. The van der Waals surface area contributed by atoms with Gasteiger partial charge < -0.3 is 10.6 Å². The van der Waals surface area contributed by atoms with Gasteiger partial charge in [0, 0.05) is 30.8 Å². The molecule has 8 heteroatoms. The van der Waals surface area contributed by atoms with Crippen LogP contribution in [0, 0.1) is 5.92 Å². The van der Waals surface area contributed by atoms with Crippen molar-refractivity contribution in [2.75, 3.05) is 18.4 Å². The smallest absolute Gasteiger partial charge is 0.251 e. The molecule has 1 aromatic carbocycles. The molecule has 0 bridgehead atoms. The third kappa shape index (κ3) is 7.66. The summed E-state index contributed by atoms with van der Waals surface area (Å²) >= 11 is 0. The summed E-state index contributed by atoms with van der Waals surface area (Å²) in [6.45, 7) is 7.43. The molecular weight excluding hydrogens is 342 g/mol. The lowest BCUT2D eigenvalue weighted by Crippen LogP contribution is -2.37. The van der Waals surface area contributed by atoms with E-state index in [9.17, 15) is 18.0 Å². The predicted octanol–water partition coefficient (Wildman–Crippen LogP) is 1.73. The maximum absolute atomic E-state index is 12.0. The summed E-state index contributed by atoms with van der Waals surface area (Å²) in [5.41, 5.74) is 1.07. The zero-order chi connectivity index (χ0) is 19.0. The van der Waals surface area contributed by atoms with E-state index in [1.807, 2.05) is 13.8 Å². The van der Waals surface area contributed by atoms with Gasteiger partial charge in [0.05, 0.1) is 5.25 Å². The van der Waals surface area contributed by atoms with Crippen LogP contribution >= 0.6 is 0 Å². The number of carbonyl (C=O) groups excluding carboxylic acids is 2. The van der Waals surface area contributed by atoms with E-state index in [1.54, 1.807) is 38.1 Å². The number of hydrogen-bond acceptors (Lipinski definition) is 4. The van der Waals surface area contributed by atoms with E-state index in [2.05, 4.69) is 15.4 Å². The van der Waals surface area contributed by atoms with Gasteiger partial charge in [-0.3, -0.25) is 9.59 Å². The van der Waals surface area contributed by atoms with Gasteiger partial charge in [-0.1, -0.05) is 13.8 Å². The standard InChI is InChI=1S/C17H27N3O4S/c1-12(2)11-16(21)20-15-7-5-14(6-8-15)17(22)18-9-10-19-25(23,24)13(3)4/h5-8,12-13,19H,9-11H2,1-4H3,(H,18,22)(H,20,21). The molecule has 0 unspecified atom stereocenters. The summed E-state index contributed by atoms with van der Waals surface area (Å²) in [6, 6.07) is 6.54. The molecule has 0 aliphatic rings. The van der Waals surface area contributed by atoms with Crippen molar-refractivity contribution >= 4 is 27.5 Å². The molecule has 0 aromatic heterocycles. The lowest BCUT2D eigenvalue weighted by atomic mass is 10.1. The average molecular weight is 369 g/mol. The van der Waals surface area contributed by atoms with Crippen molar-refractivity contribution in [3.8, 4) is 0 Å². The van der Waals surface area contributed by atoms with Gasteiger partial charge >= 0.3 is 0 Å². The van der Waals surface area contributed by atoms with Crippen molar-refractivity contribution in [1.29, 1.82) is 0 Å². The molecule has 0 saturated carbocycles. The van der Waals surface area contributed by atoms with Crippen LogP contribution in [-0.4, -0.2) is 38.6 Å². The van der Waals surface area contributed by atoms with Crippen LogP contribution in [-0.2, 0) is 14.8 Å². The molecule has 0 aliphatic carbocycles. The summed E-state index contributed by atoms with van der Waals surface area (Å²) in [6.07, 6.45) is 0.439. The second kappa shape index (κ2) is 9.53. The maximum atomic E-state index is 12.0. The average Bonchev–Trinajstić information content (AvgIpc) is 2.51. The highest BCUT2D eigenvalue weighted by Gasteiger charge is 2.14. The first kappa shape index (κ1) is 21.1. The minimum atomic E-state index is -3.33. The molecule has 0 atom stereocenters. The zero-order valence-corrected chi connectivity index (χ0v) is 15.9. The molecule has 1 rings (SSSR count). The molecule has 3 N–H and O–H groups in total. The third-order valence-corrected chi connectivity index (χ3v) is 5.21. The van der Waals surface area contributed by atoms with Crippen molar-refractivity contribution in [1.82, 2.24) is 10.0 Å². The molecule has 25 heavy (non-hydrogen) atoms. The van der Waals surface area contributed by atoms with Gasteiger partial charge in [-0.2, -0.15) is 0 Å². The fourth-order valence-corrected chi connectivity index (χ4v) is 2.65. The van der Waals surface area contributed by atoms with Crippen LogP contribution in [0.4, 0.5) is 5.69 Å². The van der Waals surface area contributed by atoms with Crippen LogP contribution in [0.15, 0.2) is 24.3 Å². The molecule has 0 spiro atoms. The van der Waals surface area contributed by atoms with E-state index in [-0.39, 0.29) is 30.8 Å². The largest absolute Gasteiger partial charge is 0.351 e. The van der Waals surface area contributed by atoms with Crippen molar-refractivity contribution in [2.24, 2.45) is 5.92 Å².